The number of imide groups is 3. The van der Waals surface area contributed by atoms with Gasteiger partial charge in [-0.25, -0.2) is 4.90 Å². The molecule has 170 valence electrons. The molecule has 0 atom stereocenters. The SMILES string of the molecule is O=C(Nc1ccc(CN2CCOCC2)cc1C(=O)C(=O)N1C(=O)CCC1=O)c1ccccc1. The smallest absolute Gasteiger partial charge is 0.308 e. The van der Waals surface area contributed by atoms with Crippen molar-refractivity contribution < 1.29 is 28.7 Å². The number of nitrogens with zero attached hydrogens (tertiary/aromatic N) is 2. The molecule has 0 aromatic heterocycles. The fourth-order valence-corrected chi connectivity index (χ4v) is 3.81. The van der Waals surface area contributed by atoms with Crippen molar-refractivity contribution in [2.75, 3.05) is 31.6 Å². The summed E-state index contributed by atoms with van der Waals surface area (Å²) in [6, 6.07) is 13.3. The van der Waals surface area contributed by atoms with Gasteiger partial charge in [-0.1, -0.05) is 24.3 Å². The quantitative estimate of drug-likeness (QED) is 0.405. The largest absolute Gasteiger partial charge is 0.379 e. The Morgan fingerprint density at radius 1 is 0.909 bits per heavy atom. The summed E-state index contributed by atoms with van der Waals surface area (Å²) in [4.78, 5) is 65.1. The maximum atomic E-state index is 13.1. The lowest BCUT2D eigenvalue weighted by molar-refractivity contribution is -0.147. The van der Waals surface area contributed by atoms with E-state index in [1.54, 1.807) is 42.5 Å². The van der Waals surface area contributed by atoms with Crippen LogP contribution in [0.25, 0.3) is 0 Å². The molecule has 2 aliphatic rings. The molecule has 0 aliphatic carbocycles. The third kappa shape index (κ3) is 5.05. The van der Waals surface area contributed by atoms with E-state index in [-0.39, 0.29) is 24.1 Å². The number of carbonyl (C=O) groups excluding carboxylic acids is 5. The molecule has 0 saturated carbocycles. The van der Waals surface area contributed by atoms with Crippen LogP contribution < -0.4 is 5.32 Å². The predicted octanol–water partition coefficient (Wildman–Crippen LogP) is 1.63. The molecule has 2 fully saturated rings. The van der Waals surface area contributed by atoms with Gasteiger partial charge in [0.05, 0.1) is 24.5 Å². The Morgan fingerprint density at radius 2 is 1.58 bits per heavy atom. The number of carbonyl (C=O) groups is 5. The molecule has 4 rings (SSSR count). The van der Waals surface area contributed by atoms with Crippen LogP contribution in [0.4, 0.5) is 5.69 Å². The lowest BCUT2D eigenvalue weighted by Gasteiger charge is -2.26. The lowest BCUT2D eigenvalue weighted by atomic mass is 10.0. The fraction of sp³-hybridized carbons (Fsp3) is 0.292. The van der Waals surface area contributed by atoms with Gasteiger partial charge in [-0.05, 0) is 29.8 Å². The number of morpholine rings is 1. The molecule has 0 radical (unpaired) electrons. The van der Waals surface area contributed by atoms with Crippen molar-refractivity contribution in [2.24, 2.45) is 0 Å². The maximum absolute atomic E-state index is 13.1. The third-order valence-electron chi connectivity index (χ3n) is 5.57. The highest BCUT2D eigenvalue weighted by molar-refractivity contribution is 6.49. The van der Waals surface area contributed by atoms with Gasteiger partial charge < -0.3 is 10.1 Å². The first kappa shape index (κ1) is 22.5. The van der Waals surface area contributed by atoms with E-state index in [0.29, 0.717) is 30.2 Å². The fourth-order valence-electron chi connectivity index (χ4n) is 3.81. The molecule has 0 spiro atoms. The van der Waals surface area contributed by atoms with E-state index in [0.717, 1.165) is 18.7 Å². The summed E-state index contributed by atoms with van der Waals surface area (Å²) in [7, 11) is 0. The summed E-state index contributed by atoms with van der Waals surface area (Å²) in [6.45, 7) is 3.19. The van der Waals surface area contributed by atoms with Crippen LogP contribution in [0.2, 0.25) is 0 Å². The van der Waals surface area contributed by atoms with E-state index in [2.05, 4.69) is 10.2 Å². The van der Waals surface area contributed by atoms with E-state index >= 15 is 0 Å². The van der Waals surface area contributed by atoms with Crippen LogP contribution in [0.1, 0.15) is 39.1 Å². The second-order valence-electron chi connectivity index (χ2n) is 7.85. The summed E-state index contributed by atoms with van der Waals surface area (Å²) in [5.74, 6) is -4.08. The van der Waals surface area contributed by atoms with Gasteiger partial charge in [0.15, 0.2) is 0 Å². The topological polar surface area (TPSA) is 113 Å². The number of rotatable bonds is 6. The van der Waals surface area contributed by atoms with Crippen molar-refractivity contribution in [3.8, 4) is 0 Å². The van der Waals surface area contributed by atoms with Gasteiger partial charge in [-0.3, -0.25) is 28.9 Å². The zero-order valence-electron chi connectivity index (χ0n) is 17.9. The summed E-state index contributed by atoms with van der Waals surface area (Å²) < 4.78 is 5.36. The zero-order valence-corrected chi connectivity index (χ0v) is 17.9. The molecule has 4 amide bonds. The van der Waals surface area contributed by atoms with E-state index in [4.69, 9.17) is 4.74 Å². The second kappa shape index (κ2) is 9.85. The average molecular weight is 449 g/mol. The van der Waals surface area contributed by atoms with Crippen LogP contribution in [-0.4, -0.2) is 65.5 Å². The number of anilines is 1. The minimum Gasteiger partial charge on any atom is -0.379 e. The number of likely N-dealkylation sites (tertiary alicyclic amines) is 1. The number of ketones is 1. The van der Waals surface area contributed by atoms with Crippen LogP contribution in [0.15, 0.2) is 48.5 Å². The van der Waals surface area contributed by atoms with Crippen LogP contribution in [0.3, 0.4) is 0 Å². The van der Waals surface area contributed by atoms with E-state index in [1.165, 1.54) is 6.07 Å². The molecule has 2 aromatic carbocycles. The summed E-state index contributed by atoms with van der Waals surface area (Å²) in [5.41, 5.74) is 1.20. The van der Waals surface area contributed by atoms with E-state index in [1.807, 2.05) is 0 Å². The van der Waals surface area contributed by atoms with Crippen molar-refractivity contribution in [1.82, 2.24) is 9.80 Å². The molecule has 2 aliphatic heterocycles. The Bertz CT molecular complexity index is 1090. The van der Waals surface area contributed by atoms with Gasteiger partial charge in [0.2, 0.25) is 11.8 Å². The van der Waals surface area contributed by atoms with Crippen molar-refractivity contribution in [3.63, 3.8) is 0 Å². The Balaban J connectivity index is 1.64. The average Bonchev–Trinajstić information content (AvgIpc) is 3.18. The molecule has 0 unspecified atom stereocenters. The number of amides is 4. The normalized spacial score (nSPS) is 16.7. The first-order valence-electron chi connectivity index (χ1n) is 10.7. The van der Waals surface area contributed by atoms with Crippen LogP contribution in [-0.2, 0) is 25.7 Å². The van der Waals surface area contributed by atoms with Crippen molar-refractivity contribution in [3.05, 3.63) is 65.2 Å². The molecule has 9 nitrogen and oxygen atoms in total. The van der Waals surface area contributed by atoms with Crippen molar-refractivity contribution in [1.29, 1.82) is 0 Å². The van der Waals surface area contributed by atoms with E-state index < -0.39 is 29.4 Å². The number of ether oxygens (including phenoxy) is 1. The van der Waals surface area contributed by atoms with Crippen LogP contribution >= 0.6 is 0 Å². The second-order valence-corrected chi connectivity index (χ2v) is 7.85. The molecule has 1 N–H and O–H groups in total. The molecule has 33 heavy (non-hydrogen) atoms. The Hall–Kier alpha value is -3.69. The standard InChI is InChI=1S/C24H23N3O6/c28-20-8-9-21(29)27(20)24(32)22(30)18-14-16(15-26-10-12-33-13-11-26)6-7-19(18)25-23(31)17-4-2-1-3-5-17/h1-7,14H,8-13,15H2,(H,25,31). The van der Waals surface area contributed by atoms with Gasteiger partial charge in [0.1, 0.15) is 0 Å². The molecule has 9 heteroatoms. The highest BCUT2D eigenvalue weighted by Crippen LogP contribution is 2.23. The number of hydrogen-bond donors (Lipinski definition) is 1. The van der Waals surface area contributed by atoms with Crippen molar-refractivity contribution >= 4 is 35.1 Å². The minimum absolute atomic E-state index is 0.0671. The number of benzene rings is 2. The Morgan fingerprint density at radius 3 is 2.24 bits per heavy atom. The first-order chi connectivity index (χ1) is 15.9. The summed E-state index contributed by atoms with van der Waals surface area (Å²) in [5, 5.41) is 2.67. The summed E-state index contributed by atoms with van der Waals surface area (Å²) in [6.07, 6.45) is -0.209. The van der Waals surface area contributed by atoms with Gasteiger partial charge in [-0.2, -0.15) is 0 Å². The number of hydrogen-bond acceptors (Lipinski definition) is 7. The number of Topliss-reactive ketones (excluding diaryl/α,β-unsaturated/α-hetero) is 1. The molecule has 2 heterocycles. The van der Waals surface area contributed by atoms with Crippen LogP contribution in [0.5, 0.6) is 0 Å². The number of nitrogens with one attached hydrogen (secondary N) is 1. The monoisotopic (exact) mass is 449 g/mol. The predicted molar refractivity (Wildman–Crippen MR) is 117 cm³/mol. The zero-order chi connectivity index (χ0) is 23.4. The highest BCUT2D eigenvalue weighted by Gasteiger charge is 2.38. The molecule has 0 bridgehead atoms. The molecule has 2 saturated heterocycles. The van der Waals surface area contributed by atoms with Crippen LogP contribution in [0, 0.1) is 0 Å². The lowest BCUT2D eigenvalue weighted by Crippen LogP contribution is -2.40. The molecule has 2 aromatic rings. The van der Waals surface area contributed by atoms with Gasteiger partial charge in [-0.15, -0.1) is 0 Å². The summed E-state index contributed by atoms with van der Waals surface area (Å²) >= 11 is 0. The van der Waals surface area contributed by atoms with Gasteiger partial charge in [0.25, 0.3) is 11.7 Å². The maximum Gasteiger partial charge on any atom is 0.308 e. The molecular formula is C24H23N3O6. The van der Waals surface area contributed by atoms with Gasteiger partial charge >= 0.3 is 5.91 Å². The minimum atomic E-state index is -1.21. The van der Waals surface area contributed by atoms with E-state index in [9.17, 15) is 24.0 Å². The Labute approximate surface area is 190 Å². The van der Waals surface area contributed by atoms with Crippen molar-refractivity contribution in [2.45, 2.75) is 19.4 Å². The molecular weight excluding hydrogens is 426 g/mol. The first-order valence-corrected chi connectivity index (χ1v) is 10.7. The highest BCUT2D eigenvalue weighted by atomic mass is 16.5. The Kier molecular flexibility index (Phi) is 6.71. The third-order valence-corrected chi connectivity index (χ3v) is 5.57. The van der Waals surface area contributed by atoms with Gasteiger partial charge in [0, 0.05) is 38.0 Å².